The van der Waals surface area contributed by atoms with Gasteiger partial charge in [-0.15, -0.1) is 0 Å². The van der Waals surface area contributed by atoms with Crippen LogP contribution in [0.4, 0.5) is 0 Å². The highest BCUT2D eigenvalue weighted by Crippen LogP contribution is 2.18. The summed E-state index contributed by atoms with van der Waals surface area (Å²) in [5, 5.41) is 6.96. The third-order valence-corrected chi connectivity index (χ3v) is 4.90. The summed E-state index contributed by atoms with van der Waals surface area (Å²) in [5.41, 5.74) is 1.85. The van der Waals surface area contributed by atoms with Gasteiger partial charge in [-0.1, -0.05) is 25.1 Å². The van der Waals surface area contributed by atoms with Gasteiger partial charge in [0.25, 0.3) is 0 Å². The van der Waals surface area contributed by atoms with Crippen molar-refractivity contribution in [2.75, 3.05) is 13.1 Å². The first-order valence-corrected chi connectivity index (χ1v) is 9.91. The molecule has 7 heteroatoms. The molecular formula is C21H28N4O3. The van der Waals surface area contributed by atoms with Gasteiger partial charge in [-0.2, -0.15) is 0 Å². The van der Waals surface area contributed by atoms with Crippen LogP contribution in [-0.4, -0.2) is 39.9 Å². The minimum atomic E-state index is -0.195. The quantitative estimate of drug-likeness (QED) is 0.755. The molecule has 1 aliphatic heterocycles. The number of carbonyl (C=O) groups is 2. The molecule has 0 unspecified atom stereocenters. The van der Waals surface area contributed by atoms with Gasteiger partial charge in [0.1, 0.15) is 0 Å². The summed E-state index contributed by atoms with van der Waals surface area (Å²) in [5.74, 6) is 1.03. The Kier molecular flexibility index (Phi) is 6.79. The lowest BCUT2D eigenvalue weighted by Gasteiger charge is -2.31. The van der Waals surface area contributed by atoms with E-state index in [1.54, 1.807) is 11.1 Å². The van der Waals surface area contributed by atoms with Crippen molar-refractivity contribution in [3.63, 3.8) is 0 Å². The molecule has 3 rings (SSSR count). The summed E-state index contributed by atoms with van der Waals surface area (Å²) in [6.45, 7) is 5.61. The molecule has 7 nitrogen and oxygen atoms in total. The molecule has 28 heavy (non-hydrogen) atoms. The van der Waals surface area contributed by atoms with Crippen LogP contribution < -0.4 is 5.32 Å². The van der Waals surface area contributed by atoms with Crippen molar-refractivity contribution in [2.24, 2.45) is 11.8 Å². The Hall–Kier alpha value is -2.70. The molecule has 0 bridgehead atoms. The van der Waals surface area contributed by atoms with E-state index in [1.165, 1.54) is 0 Å². The van der Waals surface area contributed by atoms with Crippen molar-refractivity contribution in [2.45, 2.75) is 46.1 Å². The van der Waals surface area contributed by atoms with Crippen LogP contribution in [0.1, 0.15) is 43.8 Å². The Morgan fingerprint density at radius 2 is 2.21 bits per heavy atom. The van der Waals surface area contributed by atoms with E-state index >= 15 is 0 Å². The number of piperidine rings is 1. The van der Waals surface area contributed by atoms with Gasteiger partial charge in [0.05, 0.1) is 18.2 Å². The van der Waals surface area contributed by atoms with Gasteiger partial charge in [-0.3, -0.25) is 14.6 Å². The Balaban J connectivity index is 1.48. The maximum Gasteiger partial charge on any atom is 0.225 e. The average Bonchev–Trinajstić information content (AvgIpc) is 3.13. The normalized spacial score (nSPS) is 17.2. The van der Waals surface area contributed by atoms with Gasteiger partial charge in [0.15, 0.2) is 5.76 Å². The van der Waals surface area contributed by atoms with E-state index in [0.717, 1.165) is 17.8 Å². The smallest absolute Gasteiger partial charge is 0.225 e. The zero-order chi connectivity index (χ0) is 19.9. The van der Waals surface area contributed by atoms with Crippen LogP contribution in [0.5, 0.6) is 0 Å². The largest absolute Gasteiger partial charge is 0.359 e. The summed E-state index contributed by atoms with van der Waals surface area (Å²) in [4.78, 5) is 30.8. The summed E-state index contributed by atoms with van der Waals surface area (Å²) in [7, 11) is 0. The highest BCUT2D eigenvalue weighted by molar-refractivity contribution is 5.83. The third-order valence-electron chi connectivity index (χ3n) is 4.90. The van der Waals surface area contributed by atoms with Gasteiger partial charge in [-0.25, -0.2) is 0 Å². The van der Waals surface area contributed by atoms with Crippen molar-refractivity contribution < 1.29 is 14.1 Å². The van der Waals surface area contributed by atoms with Crippen molar-refractivity contribution in [1.29, 1.82) is 0 Å². The molecule has 1 N–H and O–H groups in total. The molecule has 2 aromatic rings. The van der Waals surface area contributed by atoms with E-state index in [2.05, 4.69) is 29.3 Å². The second-order valence-electron chi connectivity index (χ2n) is 7.75. The number of nitrogens with one attached hydrogen (secondary N) is 1. The highest BCUT2D eigenvalue weighted by atomic mass is 16.5. The fraction of sp³-hybridized carbons (Fsp3) is 0.524. The molecule has 1 fully saturated rings. The van der Waals surface area contributed by atoms with Crippen molar-refractivity contribution >= 4 is 11.8 Å². The third kappa shape index (κ3) is 5.65. The number of aromatic nitrogens is 2. The highest BCUT2D eigenvalue weighted by Gasteiger charge is 2.30. The fourth-order valence-corrected chi connectivity index (χ4v) is 3.41. The molecule has 150 valence electrons. The van der Waals surface area contributed by atoms with E-state index < -0.39 is 0 Å². The molecule has 1 aliphatic rings. The number of nitrogens with zero attached hydrogens (tertiary/aromatic N) is 3. The van der Waals surface area contributed by atoms with E-state index in [1.807, 2.05) is 24.3 Å². The molecule has 2 amide bonds. The molecule has 1 atom stereocenters. The first kappa shape index (κ1) is 20.0. The van der Waals surface area contributed by atoms with E-state index in [-0.39, 0.29) is 17.7 Å². The van der Waals surface area contributed by atoms with Crippen LogP contribution in [0.15, 0.2) is 35.0 Å². The second kappa shape index (κ2) is 9.48. The van der Waals surface area contributed by atoms with Crippen LogP contribution in [0.3, 0.4) is 0 Å². The molecule has 0 aliphatic carbocycles. The lowest BCUT2D eigenvalue weighted by Crippen LogP contribution is -2.46. The van der Waals surface area contributed by atoms with Crippen molar-refractivity contribution in [3.8, 4) is 0 Å². The number of hydrogen-bond donors (Lipinski definition) is 1. The fourth-order valence-electron chi connectivity index (χ4n) is 3.41. The number of pyridine rings is 1. The minimum absolute atomic E-state index is 0.0443. The molecule has 2 aromatic heterocycles. The predicted octanol–water partition coefficient (Wildman–Crippen LogP) is 2.37. The van der Waals surface area contributed by atoms with Crippen LogP contribution in [-0.2, 0) is 29.0 Å². The Morgan fingerprint density at radius 3 is 2.96 bits per heavy atom. The SMILES string of the molecule is CC(C)Cc1cc(CNC(=O)[C@@H]2CCC(=O)N(CCc3ccccn3)C2)on1. The van der Waals surface area contributed by atoms with Crippen molar-refractivity contribution in [3.05, 3.63) is 47.6 Å². The summed E-state index contributed by atoms with van der Waals surface area (Å²) < 4.78 is 5.29. The monoisotopic (exact) mass is 384 g/mol. The molecule has 0 saturated carbocycles. The first-order valence-electron chi connectivity index (χ1n) is 9.91. The standard InChI is InChI=1S/C21H28N4O3/c1-15(2)11-18-12-19(28-24-18)13-23-21(27)16-6-7-20(26)25(14-16)10-8-17-5-3-4-9-22-17/h3-5,9,12,15-16H,6-8,10-11,13-14H2,1-2H3,(H,23,27)/t16-/m1/s1. The molecule has 0 spiro atoms. The molecule has 3 heterocycles. The minimum Gasteiger partial charge on any atom is -0.359 e. The summed E-state index contributed by atoms with van der Waals surface area (Å²) in [6.07, 6.45) is 4.28. The van der Waals surface area contributed by atoms with Gasteiger partial charge >= 0.3 is 0 Å². The Labute approximate surface area is 165 Å². The average molecular weight is 384 g/mol. The van der Waals surface area contributed by atoms with Crippen molar-refractivity contribution in [1.82, 2.24) is 20.4 Å². The van der Waals surface area contributed by atoms with Gasteiger partial charge in [0, 0.05) is 43.9 Å². The Morgan fingerprint density at radius 1 is 1.36 bits per heavy atom. The Bertz CT molecular complexity index is 788. The van der Waals surface area contributed by atoms with Gasteiger partial charge in [-0.05, 0) is 30.9 Å². The maximum absolute atomic E-state index is 12.6. The van der Waals surface area contributed by atoms with Crippen LogP contribution in [0.25, 0.3) is 0 Å². The molecule has 1 saturated heterocycles. The van der Waals surface area contributed by atoms with E-state index in [0.29, 0.717) is 50.6 Å². The number of amides is 2. The molecule has 0 radical (unpaired) electrons. The van der Waals surface area contributed by atoms with Crippen LogP contribution in [0.2, 0.25) is 0 Å². The summed E-state index contributed by atoms with van der Waals surface area (Å²) in [6, 6.07) is 7.65. The molecule has 0 aromatic carbocycles. The lowest BCUT2D eigenvalue weighted by atomic mass is 9.96. The number of likely N-dealkylation sites (tertiary alicyclic amines) is 1. The van der Waals surface area contributed by atoms with Gasteiger partial charge < -0.3 is 14.7 Å². The van der Waals surface area contributed by atoms with E-state index in [9.17, 15) is 9.59 Å². The first-order chi connectivity index (χ1) is 13.5. The van der Waals surface area contributed by atoms with Crippen LogP contribution in [0, 0.1) is 11.8 Å². The maximum atomic E-state index is 12.6. The van der Waals surface area contributed by atoms with Gasteiger partial charge in [0.2, 0.25) is 11.8 Å². The molecular weight excluding hydrogens is 356 g/mol. The number of hydrogen-bond acceptors (Lipinski definition) is 5. The summed E-state index contributed by atoms with van der Waals surface area (Å²) >= 11 is 0. The van der Waals surface area contributed by atoms with Crippen LogP contribution >= 0.6 is 0 Å². The number of rotatable bonds is 8. The second-order valence-corrected chi connectivity index (χ2v) is 7.75. The zero-order valence-electron chi connectivity index (χ0n) is 16.6. The predicted molar refractivity (Wildman–Crippen MR) is 104 cm³/mol. The topological polar surface area (TPSA) is 88.3 Å². The number of carbonyl (C=O) groups excluding carboxylic acids is 2. The van der Waals surface area contributed by atoms with E-state index in [4.69, 9.17) is 4.52 Å². The lowest BCUT2D eigenvalue weighted by molar-refractivity contribution is -0.138. The zero-order valence-corrected chi connectivity index (χ0v) is 16.6.